The Morgan fingerprint density at radius 3 is 2.86 bits per heavy atom. The summed E-state index contributed by atoms with van der Waals surface area (Å²) < 4.78 is 11.1. The molecule has 5 heteroatoms. The first kappa shape index (κ1) is 15.5. The van der Waals surface area contributed by atoms with Crippen LogP contribution in [0, 0.1) is 6.92 Å². The molecule has 1 aliphatic rings. The van der Waals surface area contributed by atoms with Crippen molar-refractivity contribution in [2.75, 3.05) is 31.7 Å². The first-order chi connectivity index (χ1) is 10.6. The summed E-state index contributed by atoms with van der Waals surface area (Å²) in [5.41, 5.74) is 1.99. The largest absolute Gasteiger partial charge is 0.382 e. The molecule has 0 N–H and O–H groups in total. The van der Waals surface area contributed by atoms with Gasteiger partial charge in [-0.25, -0.2) is 4.98 Å². The summed E-state index contributed by atoms with van der Waals surface area (Å²) in [5, 5.41) is 1.87. The molecular formula is C17H21ClN2O2. The molecule has 2 atom stereocenters. The number of benzene rings is 1. The molecule has 0 bridgehead atoms. The molecule has 1 fully saturated rings. The van der Waals surface area contributed by atoms with Gasteiger partial charge in [-0.05, 0) is 37.6 Å². The number of aromatic nitrogens is 1. The van der Waals surface area contributed by atoms with Gasteiger partial charge < -0.3 is 14.4 Å². The lowest BCUT2D eigenvalue weighted by Gasteiger charge is -2.37. The second-order valence-corrected chi connectivity index (χ2v) is 6.25. The number of halogens is 1. The first-order valence-electron chi connectivity index (χ1n) is 7.53. The Kier molecular flexibility index (Phi) is 4.52. The summed E-state index contributed by atoms with van der Waals surface area (Å²) in [4.78, 5) is 7.09. The number of aryl methyl sites for hydroxylation is 1. The fraction of sp³-hybridized carbons (Fsp3) is 0.471. The summed E-state index contributed by atoms with van der Waals surface area (Å²) in [6.07, 6.45) is 0.235. The van der Waals surface area contributed by atoms with Crippen LogP contribution in [0.4, 0.5) is 5.82 Å². The molecule has 0 saturated carbocycles. The molecule has 0 amide bonds. The Labute approximate surface area is 136 Å². The average molecular weight is 321 g/mol. The number of ether oxygens (including phenoxy) is 2. The van der Waals surface area contributed by atoms with Crippen LogP contribution < -0.4 is 4.90 Å². The minimum absolute atomic E-state index is 0.0757. The first-order valence-corrected chi connectivity index (χ1v) is 7.91. The molecule has 1 aromatic carbocycles. The number of anilines is 1. The van der Waals surface area contributed by atoms with Gasteiger partial charge >= 0.3 is 0 Å². The van der Waals surface area contributed by atoms with Crippen LogP contribution in [0.5, 0.6) is 0 Å². The molecule has 0 radical (unpaired) electrons. The minimum Gasteiger partial charge on any atom is -0.382 e. The molecule has 2 heterocycles. The lowest BCUT2D eigenvalue weighted by molar-refractivity contribution is -0.0512. The highest BCUT2D eigenvalue weighted by Gasteiger charge is 2.26. The van der Waals surface area contributed by atoms with Gasteiger partial charge in [-0.15, -0.1) is 0 Å². The van der Waals surface area contributed by atoms with Gasteiger partial charge in [0.05, 0.1) is 24.3 Å². The van der Waals surface area contributed by atoms with E-state index in [2.05, 4.69) is 24.0 Å². The van der Waals surface area contributed by atoms with E-state index in [-0.39, 0.29) is 12.2 Å². The van der Waals surface area contributed by atoms with Gasteiger partial charge in [0.15, 0.2) is 0 Å². The summed E-state index contributed by atoms with van der Waals surface area (Å²) in [7, 11) is 1.70. The number of hydrogen-bond donors (Lipinski definition) is 0. The number of hydrogen-bond acceptors (Lipinski definition) is 4. The van der Waals surface area contributed by atoms with Crippen molar-refractivity contribution in [3.05, 3.63) is 34.9 Å². The molecule has 0 aliphatic carbocycles. The van der Waals surface area contributed by atoms with Crippen molar-refractivity contribution in [2.24, 2.45) is 0 Å². The van der Waals surface area contributed by atoms with Crippen LogP contribution in [0.25, 0.3) is 10.9 Å². The maximum Gasteiger partial charge on any atom is 0.129 e. The highest BCUT2D eigenvalue weighted by Crippen LogP contribution is 2.27. The molecule has 2 aromatic rings. The van der Waals surface area contributed by atoms with Gasteiger partial charge in [-0.3, -0.25) is 0 Å². The quantitative estimate of drug-likeness (QED) is 0.867. The average Bonchev–Trinajstić information content (AvgIpc) is 2.50. The zero-order valence-corrected chi connectivity index (χ0v) is 13.9. The molecule has 22 heavy (non-hydrogen) atoms. The fourth-order valence-corrected chi connectivity index (χ4v) is 3.13. The predicted octanol–water partition coefficient (Wildman–Crippen LogP) is 3.44. The van der Waals surface area contributed by atoms with Crippen molar-refractivity contribution >= 4 is 28.3 Å². The SMILES string of the molecule is COCC1CN(c2ccc3ccc(Cl)c(C)c3n2)CC(C)O1. The standard InChI is InChI=1S/C17H21ClN2O2/c1-11-8-20(9-14(22-11)10-21-3)16-7-5-13-4-6-15(18)12(2)17(13)19-16/h4-7,11,14H,8-10H2,1-3H3. The number of nitrogens with zero attached hydrogens (tertiary/aromatic N) is 2. The molecule has 4 nitrogen and oxygen atoms in total. The Morgan fingerprint density at radius 2 is 2.09 bits per heavy atom. The second-order valence-electron chi connectivity index (χ2n) is 5.84. The van der Waals surface area contributed by atoms with E-state index in [0.717, 1.165) is 40.4 Å². The number of pyridine rings is 1. The minimum atomic E-state index is 0.0757. The van der Waals surface area contributed by atoms with Crippen molar-refractivity contribution < 1.29 is 9.47 Å². The highest BCUT2D eigenvalue weighted by atomic mass is 35.5. The van der Waals surface area contributed by atoms with Crippen molar-refractivity contribution in [1.82, 2.24) is 4.98 Å². The third-order valence-electron chi connectivity index (χ3n) is 4.04. The van der Waals surface area contributed by atoms with Gasteiger partial charge in [0.25, 0.3) is 0 Å². The van der Waals surface area contributed by atoms with Crippen LogP contribution in [-0.2, 0) is 9.47 Å². The zero-order valence-electron chi connectivity index (χ0n) is 13.2. The van der Waals surface area contributed by atoms with E-state index in [1.54, 1.807) is 7.11 Å². The highest BCUT2D eigenvalue weighted by molar-refractivity contribution is 6.32. The Balaban J connectivity index is 1.93. The number of methoxy groups -OCH3 is 1. The summed E-state index contributed by atoms with van der Waals surface area (Å²) in [5.74, 6) is 0.967. The van der Waals surface area contributed by atoms with Crippen molar-refractivity contribution in [1.29, 1.82) is 0 Å². The van der Waals surface area contributed by atoms with Gasteiger partial charge in [0, 0.05) is 30.6 Å². The second kappa shape index (κ2) is 6.41. The maximum atomic E-state index is 6.22. The number of fused-ring (bicyclic) bond motifs is 1. The Morgan fingerprint density at radius 1 is 1.32 bits per heavy atom. The van der Waals surface area contributed by atoms with E-state index in [0.29, 0.717) is 6.61 Å². The monoisotopic (exact) mass is 320 g/mol. The van der Waals surface area contributed by atoms with Crippen molar-refractivity contribution in [2.45, 2.75) is 26.1 Å². The van der Waals surface area contributed by atoms with E-state index < -0.39 is 0 Å². The van der Waals surface area contributed by atoms with E-state index in [4.69, 9.17) is 26.1 Å². The lowest BCUT2D eigenvalue weighted by atomic mass is 10.1. The van der Waals surface area contributed by atoms with Crippen LogP contribution >= 0.6 is 11.6 Å². The number of morpholine rings is 1. The molecule has 0 spiro atoms. The molecule has 3 rings (SSSR count). The Hall–Kier alpha value is -1.36. The maximum absolute atomic E-state index is 6.22. The Bertz CT molecular complexity index is 677. The zero-order chi connectivity index (χ0) is 15.7. The van der Waals surface area contributed by atoms with Gasteiger partial charge in [-0.1, -0.05) is 17.7 Å². The number of rotatable bonds is 3. The molecule has 1 saturated heterocycles. The fourth-order valence-electron chi connectivity index (χ4n) is 2.98. The third kappa shape index (κ3) is 3.05. The normalized spacial score (nSPS) is 22.3. The summed E-state index contributed by atoms with van der Waals surface area (Å²) >= 11 is 6.22. The van der Waals surface area contributed by atoms with Gasteiger partial charge in [0.2, 0.25) is 0 Å². The van der Waals surface area contributed by atoms with Crippen molar-refractivity contribution in [3.63, 3.8) is 0 Å². The van der Waals surface area contributed by atoms with Crippen LogP contribution in [-0.4, -0.2) is 44.0 Å². The molecule has 118 valence electrons. The van der Waals surface area contributed by atoms with Crippen molar-refractivity contribution in [3.8, 4) is 0 Å². The van der Waals surface area contributed by atoms with E-state index in [1.807, 2.05) is 19.1 Å². The third-order valence-corrected chi connectivity index (χ3v) is 4.45. The van der Waals surface area contributed by atoms with Crippen LogP contribution in [0.2, 0.25) is 5.02 Å². The smallest absolute Gasteiger partial charge is 0.129 e. The molecule has 1 aliphatic heterocycles. The predicted molar refractivity (Wildman–Crippen MR) is 89.9 cm³/mol. The van der Waals surface area contributed by atoms with Crippen LogP contribution in [0.1, 0.15) is 12.5 Å². The van der Waals surface area contributed by atoms with Crippen LogP contribution in [0.3, 0.4) is 0 Å². The summed E-state index contributed by atoms with van der Waals surface area (Å²) in [6.45, 7) is 6.31. The topological polar surface area (TPSA) is 34.6 Å². The molecule has 1 aromatic heterocycles. The lowest BCUT2D eigenvalue weighted by Crippen LogP contribution is -2.48. The van der Waals surface area contributed by atoms with Crippen LogP contribution in [0.15, 0.2) is 24.3 Å². The van der Waals surface area contributed by atoms with E-state index in [1.165, 1.54) is 0 Å². The molecular weight excluding hydrogens is 300 g/mol. The van der Waals surface area contributed by atoms with E-state index >= 15 is 0 Å². The van der Waals surface area contributed by atoms with E-state index in [9.17, 15) is 0 Å². The summed E-state index contributed by atoms with van der Waals surface area (Å²) in [6, 6.07) is 8.10. The molecule has 2 unspecified atom stereocenters. The van der Waals surface area contributed by atoms with Gasteiger partial charge in [0.1, 0.15) is 5.82 Å². The van der Waals surface area contributed by atoms with Gasteiger partial charge in [-0.2, -0.15) is 0 Å².